The van der Waals surface area contributed by atoms with E-state index in [2.05, 4.69) is 41.8 Å². The number of nitrogens with zero attached hydrogens (tertiary/aromatic N) is 1. The van der Waals surface area contributed by atoms with Crippen LogP contribution in [0.2, 0.25) is 0 Å². The number of rotatable bonds is 3. The van der Waals surface area contributed by atoms with Gasteiger partial charge in [-0.2, -0.15) is 0 Å². The molecule has 1 aliphatic carbocycles. The Morgan fingerprint density at radius 1 is 1.35 bits per heavy atom. The predicted molar refractivity (Wildman–Crippen MR) is 85.1 cm³/mol. The molecule has 1 fully saturated rings. The molecule has 0 radical (unpaired) electrons. The van der Waals surface area contributed by atoms with Crippen molar-refractivity contribution in [3.05, 3.63) is 34.1 Å². The summed E-state index contributed by atoms with van der Waals surface area (Å²) in [5.74, 6) is 0.516. The number of hydrogen-bond acceptors (Lipinski definition) is 2. The molecular formula is C16H24BrFN2. The average Bonchev–Trinajstić information content (AvgIpc) is 2.42. The highest BCUT2D eigenvalue weighted by Crippen LogP contribution is 2.43. The van der Waals surface area contributed by atoms with Crippen LogP contribution in [0.1, 0.15) is 44.2 Å². The van der Waals surface area contributed by atoms with E-state index in [0.717, 1.165) is 31.6 Å². The highest BCUT2D eigenvalue weighted by atomic mass is 79.9. The van der Waals surface area contributed by atoms with E-state index in [4.69, 9.17) is 5.73 Å². The Kier molecular flexibility index (Phi) is 4.88. The maximum Gasteiger partial charge on any atom is 0.142 e. The maximum absolute atomic E-state index is 14.4. The molecule has 1 aromatic carbocycles. The van der Waals surface area contributed by atoms with E-state index in [9.17, 15) is 4.39 Å². The third-order valence-electron chi connectivity index (χ3n) is 4.93. The van der Waals surface area contributed by atoms with Gasteiger partial charge in [0.25, 0.3) is 0 Å². The van der Waals surface area contributed by atoms with Gasteiger partial charge in [-0.25, -0.2) is 4.39 Å². The molecule has 0 saturated heterocycles. The molecule has 0 aromatic heterocycles. The quantitative estimate of drug-likeness (QED) is 0.895. The van der Waals surface area contributed by atoms with Crippen LogP contribution in [0.5, 0.6) is 0 Å². The molecule has 2 N–H and O–H groups in total. The fraction of sp³-hybridized carbons (Fsp3) is 0.625. The molecule has 0 aliphatic heterocycles. The van der Waals surface area contributed by atoms with E-state index in [1.54, 1.807) is 6.07 Å². The zero-order valence-electron chi connectivity index (χ0n) is 12.5. The van der Waals surface area contributed by atoms with Crippen molar-refractivity contribution in [2.45, 2.75) is 44.2 Å². The third-order valence-corrected chi connectivity index (χ3v) is 5.54. The largest absolute Gasteiger partial charge is 0.322 e. The molecule has 2 nitrogen and oxygen atoms in total. The van der Waals surface area contributed by atoms with E-state index in [-0.39, 0.29) is 17.4 Å². The third kappa shape index (κ3) is 2.78. The van der Waals surface area contributed by atoms with Crippen LogP contribution < -0.4 is 5.73 Å². The summed E-state index contributed by atoms with van der Waals surface area (Å²) >= 11 is 3.26. The Bertz CT molecular complexity index is 468. The minimum atomic E-state index is -0.303. The molecule has 0 bridgehead atoms. The zero-order valence-corrected chi connectivity index (χ0v) is 14.1. The lowest BCUT2D eigenvalue weighted by Gasteiger charge is -2.48. The first-order valence-electron chi connectivity index (χ1n) is 7.25. The molecule has 20 heavy (non-hydrogen) atoms. The van der Waals surface area contributed by atoms with E-state index in [1.807, 2.05) is 12.1 Å². The van der Waals surface area contributed by atoms with Crippen LogP contribution in [0.15, 0.2) is 22.7 Å². The minimum Gasteiger partial charge on any atom is -0.322 e. The summed E-state index contributed by atoms with van der Waals surface area (Å²) in [6, 6.07) is 5.09. The number of nitrogens with two attached hydrogens (primary N) is 1. The number of benzene rings is 1. The molecule has 1 aliphatic rings. The van der Waals surface area contributed by atoms with Gasteiger partial charge in [0.1, 0.15) is 5.82 Å². The highest BCUT2D eigenvalue weighted by Gasteiger charge is 2.42. The Labute approximate surface area is 129 Å². The number of hydrogen-bond donors (Lipinski definition) is 1. The molecule has 4 heteroatoms. The molecule has 112 valence electrons. The van der Waals surface area contributed by atoms with Crippen molar-refractivity contribution in [3.8, 4) is 0 Å². The fourth-order valence-corrected chi connectivity index (χ4v) is 3.73. The van der Waals surface area contributed by atoms with E-state index in [0.29, 0.717) is 10.0 Å². The van der Waals surface area contributed by atoms with E-state index < -0.39 is 0 Å². The Morgan fingerprint density at radius 2 is 1.95 bits per heavy atom. The van der Waals surface area contributed by atoms with Crippen LogP contribution in [0.25, 0.3) is 0 Å². The van der Waals surface area contributed by atoms with Crippen molar-refractivity contribution in [2.75, 3.05) is 14.1 Å². The van der Waals surface area contributed by atoms with E-state index in [1.165, 1.54) is 0 Å². The smallest absolute Gasteiger partial charge is 0.142 e. The first-order valence-corrected chi connectivity index (χ1v) is 8.04. The van der Waals surface area contributed by atoms with Gasteiger partial charge in [-0.15, -0.1) is 0 Å². The molecule has 1 atom stereocenters. The van der Waals surface area contributed by atoms with E-state index >= 15 is 0 Å². The predicted octanol–water partition coefficient (Wildman–Crippen LogP) is 4.10. The van der Waals surface area contributed by atoms with Crippen LogP contribution in [0, 0.1) is 11.7 Å². The Morgan fingerprint density at radius 3 is 2.50 bits per heavy atom. The SMILES string of the molecule is CC1CCC(C(N)c2cccc(Br)c2F)(N(C)C)CC1. The van der Waals surface area contributed by atoms with Gasteiger partial charge in [0.05, 0.1) is 10.5 Å². The van der Waals surface area contributed by atoms with Crippen molar-refractivity contribution in [1.82, 2.24) is 4.90 Å². The normalized spacial score (nSPS) is 28.6. The second-order valence-corrected chi connectivity index (χ2v) is 7.16. The summed E-state index contributed by atoms with van der Waals surface area (Å²) in [4.78, 5) is 2.20. The van der Waals surface area contributed by atoms with Gasteiger partial charge in [0, 0.05) is 11.1 Å². The van der Waals surface area contributed by atoms with Crippen LogP contribution in [0.4, 0.5) is 4.39 Å². The van der Waals surface area contributed by atoms with Crippen LogP contribution in [-0.4, -0.2) is 24.5 Å². The van der Waals surface area contributed by atoms with Gasteiger partial charge in [-0.3, -0.25) is 0 Å². The first kappa shape index (κ1) is 15.9. The molecule has 1 aromatic rings. The first-order chi connectivity index (χ1) is 9.38. The second kappa shape index (κ2) is 6.12. The fourth-order valence-electron chi connectivity index (χ4n) is 3.35. The molecule has 0 amide bonds. The molecule has 0 spiro atoms. The van der Waals surface area contributed by atoms with Crippen LogP contribution >= 0.6 is 15.9 Å². The molecule has 2 rings (SSSR count). The standard InChI is InChI=1S/C16H24BrFN2/c1-11-7-9-16(10-8-11,20(2)3)15(19)12-5-4-6-13(17)14(12)18/h4-6,11,15H,7-10,19H2,1-3H3. The lowest BCUT2D eigenvalue weighted by molar-refractivity contribution is 0.0553. The van der Waals surface area contributed by atoms with Gasteiger partial charge < -0.3 is 10.6 Å². The average molecular weight is 343 g/mol. The molecular weight excluding hydrogens is 319 g/mol. The van der Waals surface area contributed by atoms with Crippen molar-refractivity contribution >= 4 is 15.9 Å². The molecule has 1 saturated carbocycles. The lowest BCUT2D eigenvalue weighted by Crippen LogP contribution is -2.54. The maximum atomic E-state index is 14.4. The molecule has 0 heterocycles. The summed E-state index contributed by atoms with van der Waals surface area (Å²) in [5.41, 5.74) is 6.99. The van der Waals surface area contributed by atoms with Gasteiger partial charge in [0.15, 0.2) is 0 Å². The summed E-state index contributed by atoms with van der Waals surface area (Å²) in [6.07, 6.45) is 4.35. The van der Waals surface area contributed by atoms with Crippen molar-refractivity contribution < 1.29 is 4.39 Å². The second-order valence-electron chi connectivity index (χ2n) is 6.30. The van der Waals surface area contributed by atoms with Gasteiger partial charge in [-0.1, -0.05) is 19.1 Å². The van der Waals surface area contributed by atoms with Crippen molar-refractivity contribution in [3.63, 3.8) is 0 Å². The summed E-state index contributed by atoms with van der Waals surface area (Å²) in [5, 5.41) is 0. The number of halogens is 2. The van der Waals surface area contributed by atoms with Gasteiger partial charge in [0.2, 0.25) is 0 Å². The lowest BCUT2D eigenvalue weighted by atomic mass is 9.70. The molecule has 1 unspecified atom stereocenters. The summed E-state index contributed by atoms with van der Waals surface area (Å²) < 4.78 is 14.9. The Hall–Kier alpha value is -0.450. The zero-order chi connectivity index (χ0) is 14.9. The van der Waals surface area contributed by atoms with Gasteiger partial charge >= 0.3 is 0 Å². The van der Waals surface area contributed by atoms with Crippen molar-refractivity contribution in [1.29, 1.82) is 0 Å². The van der Waals surface area contributed by atoms with Gasteiger partial charge in [-0.05, 0) is 67.7 Å². The Balaban J connectivity index is 2.37. The summed E-state index contributed by atoms with van der Waals surface area (Å²) in [6.45, 7) is 2.28. The minimum absolute atomic E-state index is 0.145. The van der Waals surface area contributed by atoms with Crippen LogP contribution in [-0.2, 0) is 0 Å². The summed E-state index contributed by atoms with van der Waals surface area (Å²) in [7, 11) is 4.12. The van der Waals surface area contributed by atoms with Crippen LogP contribution in [0.3, 0.4) is 0 Å². The number of likely N-dealkylation sites (N-methyl/N-ethyl adjacent to an activating group) is 1. The topological polar surface area (TPSA) is 29.3 Å². The van der Waals surface area contributed by atoms with Crippen molar-refractivity contribution in [2.24, 2.45) is 11.7 Å². The highest BCUT2D eigenvalue weighted by molar-refractivity contribution is 9.10. The monoisotopic (exact) mass is 342 g/mol.